The first-order valence-corrected chi connectivity index (χ1v) is 7.15. The molecule has 3 heteroatoms. The van der Waals surface area contributed by atoms with E-state index in [9.17, 15) is 0 Å². The van der Waals surface area contributed by atoms with Gasteiger partial charge in [0.2, 0.25) is 11.7 Å². The van der Waals surface area contributed by atoms with Crippen molar-refractivity contribution in [1.82, 2.24) is 10.1 Å². The van der Waals surface area contributed by atoms with Crippen LogP contribution >= 0.6 is 0 Å². The summed E-state index contributed by atoms with van der Waals surface area (Å²) in [7, 11) is 0. The molecule has 1 aromatic carbocycles. The maximum absolute atomic E-state index is 5.44. The maximum atomic E-state index is 5.44. The summed E-state index contributed by atoms with van der Waals surface area (Å²) < 4.78 is 5.44. The van der Waals surface area contributed by atoms with Crippen LogP contribution in [-0.2, 0) is 0 Å². The molecule has 0 amide bonds. The lowest BCUT2D eigenvalue weighted by molar-refractivity contribution is 0.340. The Morgan fingerprint density at radius 2 is 1.89 bits per heavy atom. The van der Waals surface area contributed by atoms with E-state index >= 15 is 0 Å². The number of hydrogen-bond acceptors (Lipinski definition) is 3. The average Bonchev–Trinajstić information content (AvgIpc) is 2.90. The van der Waals surface area contributed by atoms with Crippen LogP contribution in [0.3, 0.4) is 0 Å². The van der Waals surface area contributed by atoms with Crippen LogP contribution in [0, 0.1) is 6.92 Å². The van der Waals surface area contributed by atoms with Crippen molar-refractivity contribution in [1.29, 1.82) is 0 Å². The molecule has 1 atom stereocenters. The van der Waals surface area contributed by atoms with Gasteiger partial charge in [0.1, 0.15) is 0 Å². The Morgan fingerprint density at radius 1 is 1.16 bits per heavy atom. The van der Waals surface area contributed by atoms with Crippen molar-refractivity contribution in [2.24, 2.45) is 0 Å². The molecule has 1 unspecified atom stereocenters. The van der Waals surface area contributed by atoms with Crippen molar-refractivity contribution >= 4 is 0 Å². The Labute approximate surface area is 115 Å². The third-order valence-corrected chi connectivity index (χ3v) is 3.50. The predicted molar refractivity (Wildman–Crippen MR) is 77.0 cm³/mol. The van der Waals surface area contributed by atoms with Crippen LogP contribution in [0.1, 0.15) is 56.9 Å². The van der Waals surface area contributed by atoms with E-state index in [1.807, 2.05) is 12.1 Å². The molecule has 0 bridgehead atoms. The number of benzene rings is 1. The first kappa shape index (κ1) is 13.8. The quantitative estimate of drug-likeness (QED) is 0.752. The van der Waals surface area contributed by atoms with Gasteiger partial charge in [-0.25, -0.2) is 0 Å². The van der Waals surface area contributed by atoms with Crippen molar-refractivity contribution in [3.63, 3.8) is 0 Å². The third kappa shape index (κ3) is 3.43. The summed E-state index contributed by atoms with van der Waals surface area (Å²) >= 11 is 0. The Hall–Kier alpha value is -1.64. The second-order valence-corrected chi connectivity index (χ2v) is 5.07. The maximum Gasteiger partial charge on any atom is 0.230 e. The summed E-state index contributed by atoms with van der Waals surface area (Å²) in [5, 5.41) is 4.11. The molecule has 1 heterocycles. The fraction of sp³-hybridized carbons (Fsp3) is 0.500. The number of unbranched alkanes of at least 4 members (excludes halogenated alkanes) is 1. The lowest BCUT2D eigenvalue weighted by atomic mass is 9.99. The van der Waals surface area contributed by atoms with Crippen LogP contribution in [0.25, 0.3) is 11.4 Å². The number of nitrogens with zero attached hydrogens (tertiary/aromatic N) is 2. The van der Waals surface area contributed by atoms with E-state index in [0.717, 1.165) is 24.3 Å². The van der Waals surface area contributed by atoms with E-state index in [0.29, 0.717) is 11.7 Å². The lowest BCUT2D eigenvalue weighted by Crippen LogP contribution is -1.97. The molecule has 1 aromatic heterocycles. The Bertz CT molecular complexity index is 502. The van der Waals surface area contributed by atoms with Crippen LogP contribution in [0.4, 0.5) is 0 Å². The van der Waals surface area contributed by atoms with E-state index < -0.39 is 0 Å². The van der Waals surface area contributed by atoms with Gasteiger partial charge in [-0.3, -0.25) is 0 Å². The molecule has 0 spiro atoms. The minimum absolute atomic E-state index is 0.395. The summed E-state index contributed by atoms with van der Waals surface area (Å²) in [6, 6.07) is 8.22. The van der Waals surface area contributed by atoms with E-state index in [-0.39, 0.29) is 0 Å². The second kappa shape index (κ2) is 6.50. The Kier molecular flexibility index (Phi) is 4.72. The number of aryl methyl sites for hydroxylation is 1. The molecule has 0 aliphatic carbocycles. The zero-order valence-electron chi connectivity index (χ0n) is 12.0. The monoisotopic (exact) mass is 258 g/mol. The lowest BCUT2D eigenvalue weighted by Gasteiger charge is -2.07. The molecule has 2 rings (SSSR count). The molecule has 0 fully saturated rings. The molecule has 3 nitrogen and oxygen atoms in total. The van der Waals surface area contributed by atoms with E-state index in [2.05, 4.69) is 43.0 Å². The molecule has 0 N–H and O–H groups in total. The summed E-state index contributed by atoms with van der Waals surface area (Å²) in [5.74, 6) is 1.88. The van der Waals surface area contributed by atoms with Gasteiger partial charge in [0, 0.05) is 11.5 Å². The molecule has 0 aliphatic rings. The normalized spacial score (nSPS) is 12.6. The van der Waals surface area contributed by atoms with Crippen molar-refractivity contribution in [2.75, 3.05) is 0 Å². The van der Waals surface area contributed by atoms with Gasteiger partial charge in [-0.15, -0.1) is 0 Å². The molecule has 102 valence electrons. The largest absolute Gasteiger partial charge is 0.339 e. The molecule has 0 saturated heterocycles. The van der Waals surface area contributed by atoms with E-state index in [1.54, 1.807) is 0 Å². The van der Waals surface area contributed by atoms with Gasteiger partial charge in [0.15, 0.2) is 0 Å². The van der Waals surface area contributed by atoms with Gasteiger partial charge in [0.25, 0.3) is 0 Å². The minimum atomic E-state index is 0.395. The summed E-state index contributed by atoms with van der Waals surface area (Å²) in [4.78, 5) is 4.56. The first-order chi connectivity index (χ1) is 9.24. The first-order valence-electron chi connectivity index (χ1n) is 7.15. The fourth-order valence-corrected chi connectivity index (χ4v) is 2.17. The summed E-state index contributed by atoms with van der Waals surface area (Å²) in [6.45, 7) is 6.46. The molecule has 0 saturated carbocycles. The minimum Gasteiger partial charge on any atom is -0.339 e. The van der Waals surface area contributed by atoms with Crippen LogP contribution < -0.4 is 0 Å². The van der Waals surface area contributed by atoms with E-state index in [4.69, 9.17) is 4.52 Å². The van der Waals surface area contributed by atoms with Gasteiger partial charge in [-0.2, -0.15) is 4.98 Å². The highest BCUT2D eigenvalue weighted by Gasteiger charge is 2.17. The number of rotatable bonds is 6. The SMILES string of the molecule is CCCCC(CC)c1nc(-c2ccc(C)cc2)no1. The standard InChI is InChI=1S/C16H22N2O/c1-4-6-7-13(5-2)16-17-15(18-19-16)14-10-8-12(3)9-11-14/h8-11,13H,4-7H2,1-3H3. The van der Waals surface area contributed by atoms with Crippen molar-refractivity contribution in [2.45, 2.75) is 52.4 Å². The highest BCUT2D eigenvalue weighted by Crippen LogP contribution is 2.26. The van der Waals surface area contributed by atoms with Crippen LogP contribution in [0.15, 0.2) is 28.8 Å². The molecular weight excluding hydrogens is 236 g/mol. The summed E-state index contributed by atoms with van der Waals surface area (Å²) in [5.41, 5.74) is 2.26. The number of aromatic nitrogens is 2. The van der Waals surface area contributed by atoms with Gasteiger partial charge in [-0.05, 0) is 19.8 Å². The smallest absolute Gasteiger partial charge is 0.230 e. The van der Waals surface area contributed by atoms with Crippen molar-refractivity contribution in [3.8, 4) is 11.4 Å². The average molecular weight is 258 g/mol. The van der Waals surface area contributed by atoms with Gasteiger partial charge in [0.05, 0.1) is 0 Å². The Morgan fingerprint density at radius 3 is 2.53 bits per heavy atom. The molecule has 0 radical (unpaired) electrons. The zero-order chi connectivity index (χ0) is 13.7. The third-order valence-electron chi connectivity index (χ3n) is 3.50. The molecule has 0 aliphatic heterocycles. The second-order valence-electron chi connectivity index (χ2n) is 5.07. The van der Waals surface area contributed by atoms with Crippen LogP contribution in [0.2, 0.25) is 0 Å². The van der Waals surface area contributed by atoms with Gasteiger partial charge in [-0.1, -0.05) is 61.7 Å². The Balaban J connectivity index is 2.15. The number of hydrogen-bond donors (Lipinski definition) is 0. The molecule has 2 aromatic rings. The van der Waals surface area contributed by atoms with Crippen LogP contribution in [-0.4, -0.2) is 10.1 Å². The summed E-state index contributed by atoms with van der Waals surface area (Å²) in [6.07, 6.45) is 4.59. The van der Waals surface area contributed by atoms with E-state index in [1.165, 1.54) is 18.4 Å². The topological polar surface area (TPSA) is 38.9 Å². The van der Waals surface area contributed by atoms with Gasteiger partial charge >= 0.3 is 0 Å². The molecular formula is C16H22N2O. The highest BCUT2D eigenvalue weighted by molar-refractivity contribution is 5.54. The van der Waals surface area contributed by atoms with Crippen LogP contribution in [0.5, 0.6) is 0 Å². The van der Waals surface area contributed by atoms with Crippen molar-refractivity contribution < 1.29 is 4.52 Å². The predicted octanol–water partition coefficient (Wildman–Crippen LogP) is 4.73. The molecule has 19 heavy (non-hydrogen) atoms. The zero-order valence-corrected chi connectivity index (χ0v) is 12.0. The highest BCUT2D eigenvalue weighted by atomic mass is 16.5. The fourth-order valence-electron chi connectivity index (χ4n) is 2.17. The van der Waals surface area contributed by atoms with Gasteiger partial charge < -0.3 is 4.52 Å². The van der Waals surface area contributed by atoms with Crippen molar-refractivity contribution in [3.05, 3.63) is 35.7 Å².